The number of piperidine rings is 1. The SMILES string of the molecule is O=C(c1ccncc1)N1CCC(c2c[nH]c3ccccc23)CC1. The normalized spacial score (nSPS) is 15.9. The number of para-hydroxylation sites is 1. The van der Waals surface area contributed by atoms with Crippen LogP contribution >= 0.6 is 0 Å². The molecule has 0 atom stereocenters. The number of H-pyrrole nitrogens is 1. The first-order valence-electron chi connectivity index (χ1n) is 8.08. The molecule has 1 aromatic carbocycles. The molecule has 4 nitrogen and oxygen atoms in total. The number of rotatable bonds is 2. The summed E-state index contributed by atoms with van der Waals surface area (Å²) in [5.74, 6) is 0.636. The van der Waals surface area contributed by atoms with Crippen LogP contribution in [0.5, 0.6) is 0 Å². The van der Waals surface area contributed by atoms with Gasteiger partial charge in [-0.1, -0.05) is 18.2 Å². The van der Waals surface area contributed by atoms with Gasteiger partial charge >= 0.3 is 0 Å². The molecule has 1 saturated heterocycles. The first kappa shape index (κ1) is 14.0. The number of amides is 1. The summed E-state index contributed by atoms with van der Waals surface area (Å²) < 4.78 is 0. The van der Waals surface area contributed by atoms with Gasteiger partial charge in [0.2, 0.25) is 0 Å². The number of hydrogen-bond donors (Lipinski definition) is 1. The van der Waals surface area contributed by atoms with Crippen LogP contribution in [0, 0.1) is 0 Å². The second-order valence-electron chi connectivity index (χ2n) is 6.09. The second kappa shape index (κ2) is 5.88. The summed E-state index contributed by atoms with van der Waals surface area (Å²) in [6, 6.07) is 12.0. The highest BCUT2D eigenvalue weighted by Gasteiger charge is 2.25. The molecule has 0 aliphatic carbocycles. The van der Waals surface area contributed by atoms with Crippen LogP contribution in [0.4, 0.5) is 0 Å². The smallest absolute Gasteiger partial charge is 0.253 e. The van der Waals surface area contributed by atoms with Gasteiger partial charge in [-0.2, -0.15) is 0 Å². The monoisotopic (exact) mass is 305 g/mol. The van der Waals surface area contributed by atoms with Crippen molar-refractivity contribution in [1.82, 2.24) is 14.9 Å². The molecule has 1 aliphatic rings. The minimum Gasteiger partial charge on any atom is -0.361 e. The largest absolute Gasteiger partial charge is 0.361 e. The molecule has 3 heterocycles. The number of aromatic amines is 1. The number of hydrogen-bond acceptors (Lipinski definition) is 2. The lowest BCUT2D eigenvalue weighted by atomic mass is 9.89. The predicted molar refractivity (Wildman–Crippen MR) is 90.4 cm³/mol. The molecule has 0 saturated carbocycles. The fraction of sp³-hybridized carbons (Fsp3) is 0.263. The molecule has 3 aromatic rings. The van der Waals surface area contributed by atoms with Gasteiger partial charge in [-0.25, -0.2) is 0 Å². The number of fused-ring (bicyclic) bond motifs is 1. The standard InChI is InChI=1S/C19H19N3O/c23-19(15-5-9-20-10-6-15)22-11-7-14(8-12-22)17-13-21-18-4-2-1-3-16(17)18/h1-6,9-10,13-14,21H,7-8,11-12H2. The minimum atomic E-state index is 0.116. The van der Waals surface area contributed by atoms with E-state index in [0.29, 0.717) is 5.92 Å². The first-order valence-corrected chi connectivity index (χ1v) is 8.08. The molecule has 1 amide bonds. The van der Waals surface area contributed by atoms with Gasteiger partial charge in [0, 0.05) is 48.1 Å². The molecule has 0 spiro atoms. The van der Waals surface area contributed by atoms with Gasteiger partial charge in [0.1, 0.15) is 0 Å². The van der Waals surface area contributed by atoms with Gasteiger partial charge in [-0.15, -0.1) is 0 Å². The maximum Gasteiger partial charge on any atom is 0.253 e. The third-order valence-electron chi connectivity index (χ3n) is 4.77. The molecule has 0 radical (unpaired) electrons. The Kier molecular flexibility index (Phi) is 3.58. The van der Waals surface area contributed by atoms with E-state index in [-0.39, 0.29) is 5.91 Å². The zero-order valence-corrected chi connectivity index (χ0v) is 12.9. The molecule has 1 N–H and O–H groups in total. The highest BCUT2D eigenvalue weighted by molar-refractivity contribution is 5.94. The van der Waals surface area contributed by atoms with Crippen LogP contribution in [0.25, 0.3) is 10.9 Å². The van der Waals surface area contributed by atoms with Crippen molar-refractivity contribution in [3.05, 3.63) is 66.1 Å². The zero-order valence-electron chi connectivity index (χ0n) is 12.9. The topological polar surface area (TPSA) is 49.0 Å². The van der Waals surface area contributed by atoms with Crippen molar-refractivity contribution in [2.24, 2.45) is 0 Å². The number of pyridine rings is 1. The maximum absolute atomic E-state index is 12.5. The van der Waals surface area contributed by atoms with E-state index in [1.807, 2.05) is 4.90 Å². The van der Waals surface area contributed by atoms with Gasteiger partial charge in [-0.05, 0) is 42.5 Å². The fourth-order valence-corrected chi connectivity index (χ4v) is 3.50. The van der Waals surface area contributed by atoms with E-state index in [9.17, 15) is 4.79 Å². The molecule has 0 bridgehead atoms. The molecular weight excluding hydrogens is 286 g/mol. The van der Waals surface area contributed by atoms with E-state index in [1.165, 1.54) is 16.5 Å². The van der Waals surface area contributed by atoms with Crippen molar-refractivity contribution >= 4 is 16.8 Å². The van der Waals surface area contributed by atoms with E-state index < -0.39 is 0 Å². The summed E-state index contributed by atoms with van der Waals surface area (Å²) in [6.45, 7) is 1.62. The number of nitrogens with one attached hydrogen (secondary N) is 1. The van der Waals surface area contributed by atoms with E-state index in [0.717, 1.165) is 31.5 Å². The molecule has 2 aromatic heterocycles. The summed E-state index contributed by atoms with van der Waals surface area (Å²) in [4.78, 5) is 21.8. The van der Waals surface area contributed by atoms with Crippen molar-refractivity contribution in [1.29, 1.82) is 0 Å². The van der Waals surface area contributed by atoms with Crippen LogP contribution in [-0.2, 0) is 0 Å². The van der Waals surface area contributed by atoms with E-state index in [2.05, 4.69) is 40.4 Å². The van der Waals surface area contributed by atoms with Crippen molar-refractivity contribution in [3.8, 4) is 0 Å². The Morgan fingerprint density at radius 3 is 2.61 bits per heavy atom. The van der Waals surface area contributed by atoms with Gasteiger partial charge in [0.15, 0.2) is 0 Å². The van der Waals surface area contributed by atoms with Gasteiger partial charge in [0.05, 0.1) is 0 Å². The number of nitrogens with zero attached hydrogens (tertiary/aromatic N) is 2. The van der Waals surface area contributed by atoms with Crippen LogP contribution in [0.1, 0.15) is 34.7 Å². The Balaban J connectivity index is 1.48. The number of benzene rings is 1. The summed E-state index contributed by atoms with van der Waals surface area (Å²) in [6.07, 6.45) is 7.50. The summed E-state index contributed by atoms with van der Waals surface area (Å²) >= 11 is 0. The first-order chi connectivity index (χ1) is 11.3. The van der Waals surface area contributed by atoms with Crippen molar-refractivity contribution in [2.75, 3.05) is 13.1 Å². The Labute approximate surface area is 135 Å². The zero-order chi connectivity index (χ0) is 15.6. The van der Waals surface area contributed by atoms with Gasteiger partial charge < -0.3 is 9.88 Å². The summed E-state index contributed by atoms with van der Waals surface area (Å²) in [5.41, 5.74) is 3.31. The summed E-state index contributed by atoms with van der Waals surface area (Å²) in [7, 11) is 0. The number of carbonyl (C=O) groups is 1. The fourth-order valence-electron chi connectivity index (χ4n) is 3.50. The lowest BCUT2D eigenvalue weighted by Gasteiger charge is -2.32. The van der Waals surface area contributed by atoms with E-state index >= 15 is 0 Å². The lowest BCUT2D eigenvalue weighted by Crippen LogP contribution is -2.37. The molecule has 4 heteroatoms. The van der Waals surface area contributed by atoms with Gasteiger partial charge in [-0.3, -0.25) is 9.78 Å². The molecule has 1 fully saturated rings. The Morgan fingerprint density at radius 2 is 1.83 bits per heavy atom. The number of likely N-dealkylation sites (tertiary alicyclic amines) is 1. The van der Waals surface area contributed by atoms with E-state index in [4.69, 9.17) is 0 Å². The van der Waals surface area contributed by atoms with Gasteiger partial charge in [0.25, 0.3) is 5.91 Å². The number of aromatic nitrogens is 2. The van der Waals surface area contributed by atoms with Crippen LogP contribution in [0.15, 0.2) is 55.0 Å². The predicted octanol–water partition coefficient (Wildman–Crippen LogP) is 3.58. The van der Waals surface area contributed by atoms with Crippen molar-refractivity contribution in [3.63, 3.8) is 0 Å². The third-order valence-corrected chi connectivity index (χ3v) is 4.77. The number of carbonyl (C=O) groups excluding carboxylic acids is 1. The van der Waals surface area contributed by atoms with Crippen molar-refractivity contribution in [2.45, 2.75) is 18.8 Å². The molecule has 23 heavy (non-hydrogen) atoms. The Morgan fingerprint density at radius 1 is 1.09 bits per heavy atom. The van der Waals surface area contributed by atoms with E-state index in [1.54, 1.807) is 24.5 Å². The van der Waals surface area contributed by atoms with Crippen LogP contribution < -0.4 is 0 Å². The Hall–Kier alpha value is -2.62. The highest BCUT2D eigenvalue weighted by Crippen LogP contribution is 2.33. The average Bonchev–Trinajstić information content (AvgIpc) is 3.06. The molecular formula is C19H19N3O. The lowest BCUT2D eigenvalue weighted by molar-refractivity contribution is 0.0713. The summed E-state index contributed by atoms with van der Waals surface area (Å²) in [5, 5.41) is 1.31. The molecule has 116 valence electrons. The maximum atomic E-state index is 12.5. The average molecular weight is 305 g/mol. The minimum absolute atomic E-state index is 0.116. The molecule has 0 unspecified atom stereocenters. The highest BCUT2D eigenvalue weighted by atomic mass is 16.2. The van der Waals surface area contributed by atoms with Crippen LogP contribution in [0.3, 0.4) is 0 Å². The van der Waals surface area contributed by atoms with Crippen LogP contribution in [-0.4, -0.2) is 33.9 Å². The molecule has 4 rings (SSSR count). The van der Waals surface area contributed by atoms with Crippen LogP contribution in [0.2, 0.25) is 0 Å². The Bertz CT molecular complexity index is 817. The van der Waals surface area contributed by atoms with Crippen molar-refractivity contribution < 1.29 is 4.79 Å². The second-order valence-corrected chi connectivity index (χ2v) is 6.09. The quantitative estimate of drug-likeness (QED) is 0.786. The molecule has 1 aliphatic heterocycles. The third kappa shape index (κ3) is 2.61.